The van der Waals surface area contributed by atoms with E-state index in [1.165, 1.54) is 0 Å². The van der Waals surface area contributed by atoms with E-state index in [9.17, 15) is 25.2 Å². The molecule has 5 N–H and O–H groups in total. The maximum atomic E-state index is 13.4. The van der Waals surface area contributed by atoms with Gasteiger partial charge in [0.15, 0.2) is 6.29 Å². The lowest BCUT2D eigenvalue weighted by molar-refractivity contribution is -0.242. The summed E-state index contributed by atoms with van der Waals surface area (Å²) in [7, 11) is 1.82. The molecule has 6 fully saturated rings. The van der Waals surface area contributed by atoms with Crippen molar-refractivity contribution < 1.29 is 34.7 Å². The number of para-hydroxylation sites is 1. The smallest absolute Gasteiger partial charge is 0.340 e. The second kappa shape index (κ2) is 10.4. The molecule has 5 aliphatic carbocycles. The van der Waals surface area contributed by atoms with Crippen LogP contribution in [0.5, 0.6) is 0 Å². The van der Waals surface area contributed by atoms with Crippen molar-refractivity contribution in [2.24, 2.45) is 50.7 Å². The zero-order chi connectivity index (χ0) is 33.2. The molecular formula is C38H57NO7. The number of carbonyl (C=O) groups is 1. The summed E-state index contributed by atoms with van der Waals surface area (Å²) >= 11 is 0. The molecule has 1 aromatic carbocycles. The van der Waals surface area contributed by atoms with Crippen LogP contribution in [0.3, 0.4) is 0 Å². The van der Waals surface area contributed by atoms with Gasteiger partial charge >= 0.3 is 5.97 Å². The minimum absolute atomic E-state index is 0.0166. The number of fused-ring (bicyclic) bond motifs is 3. The van der Waals surface area contributed by atoms with Gasteiger partial charge < -0.3 is 35.2 Å². The summed E-state index contributed by atoms with van der Waals surface area (Å²) in [5.41, 5.74) is -0.378. The molecule has 0 bridgehead atoms. The van der Waals surface area contributed by atoms with Gasteiger partial charge in [0.2, 0.25) is 0 Å². The summed E-state index contributed by atoms with van der Waals surface area (Å²) < 4.78 is 12.2. The average molecular weight is 640 g/mol. The molecular weight excluding hydrogens is 582 g/mol. The standard InChI is InChI=1S/C38H57NO7/c1-33(2)27-19-28(40)36(6)26(35(27,5)15-14-29(33)46-31(42)21-10-8-9-11-24(21)39-7)13-16-37-20-38(36,37)17-12-23(37)22-18-25(45-32(22)43)30(41)34(3,4)44/h8-11,22-23,25-30,32,39-41,43-44H,12-20H2,1-7H3/t22-,23-,25+,26+,27-,28+,29-,30-,32-,35+,36-,37+,38+/m0/s1. The first kappa shape index (κ1) is 32.8. The van der Waals surface area contributed by atoms with E-state index in [4.69, 9.17) is 9.47 Å². The number of hydrogen-bond acceptors (Lipinski definition) is 8. The van der Waals surface area contributed by atoms with Gasteiger partial charge in [-0.25, -0.2) is 4.79 Å². The van der Waals surface area contributed by atoms with E-state index in [1.807, 2.05) is 31.3 Å². The lowest BCUT2D eigenvalue weighted by Crippen LogP contribution is -2.66. The van der Waals surface area contributed by atoms with Gasteiger partial charge in [0.25, 0.3) is 0 Å². The zero-order valence-corrected chi connectivity index (χ0v) is 28.9. The maximum absolute atomic E-state index is 13.4. The van der Waals surface area contributed by atoms with E-state index in [1.54, 1.807) is 13.8 Å². The van der Waals surface area contributed by atoms with Gasteiger partial charge in [0.1, 0.15) is 12.2 Å². The molecule has 0 spiro atoms. The van der Waals surface area contributed by atoms with E-state index in [0.717, 1.165) is 50.6 Å². The molecule has 1 aromatic rings. The van der Waals surface area contributed by atoms with Gasteiger partial charge in [-0.05, 0) is 118 Å². The number of carbonyl (C=O) groups excluding carboxylic acids is 1. The van der Waals surface area contributed by atoms with E-state index in [0.29, 0.717) is 24.3 Å². The lowest BCUT2D eigenvalue weighted by Gasteiger charge is -2.68. The number of benzene rings is 1. The van der Waals surface area contributed by atoms with Crippen LogP contribution < -0.4 is 5.32 Å². The van der Waals surface area contributed by atoms with Gasteiger partial charge in [0.05, 0.1) is 23.4 Å². The number of nitrogens with one attached hydrogen (secondary N) is 1. The molecule has 8 heteroatoms. The number of ether oxygens (including phenoxy) is 2. The molecule has 7 rings (SSSR count). The van der Waals surface area contributed by atoms with Gasteiger partial charge in [-0.15, -0.1) is 0 Å². The highest BCUT2D eigenvalue weighted by Crippen LogP contribution is 2.91. The number of aliphatic hydroxyl groups is 4. The van der Waals surface area contributed by atoms with Crippen molar-refractivity contribution in [1.82, 2.24) is 0 Å². The van der Waals surface area contributed by atoms with Crippen molar-refractivity contribution in [3.05, 3.63) is 29.8 Å². The van der Waals surface area contributed by atoms with E-state index >= 15 is 0 Å². The Morgan fingerprint density at radius 3 is 2.43 bits per heavy atom. The monoisotopic (exact) mass is 639 g/mol. The SMILES string of the molecule is CNc1ccccc1C(=O)O[C@H]1CC[C@]2(C)[C@H]3CC[C@]45C[C@]4(CC[C@H]5[C@@H]4C[C@H]([C@H](O)C(C)(C)O)O[C@@H]4O)[C@]3(C)[C@H](O)C[C@H]2C1(C)C. The second-order valence-corrected chi connectivity index (χ2v) is 17.9. The largest absolute Gasteiger partial charge is 0.458 e. The van der Waals surface area contributed by atoms with Crippen LogP contribution in [0.25, 0.3) is 0 Å². The molecule has 0 radical (unpaired) electrons. The van der Waals surface area contributed by atoms with E-state index in [-0.39, 0.29) is 56.9 Å². The third-order valence-electron chi connectivity index (χ3n) is 15.5. The van der Waals surface area contributed by atoms with Gasteiger partial charge in [0, 0.05) is 29.5 Å². The van der Waals surface area contributed by atoms with Crippen LogP contribution >= 0.6 is 0 Å². The normalized spacial score (nSPS) is 48.0. The van der Waals surface area contributed by atoms with Gasteiger partial charge in [-0.2, -0.15) is 0 Å². The molecule has 13 atom stereocenters. The number of anilines is 1. The minimum Gasteiger partial charge on any atom is -0.458 e. The Hall–Kier alpha value is -1.71. The third-order valence-corrected chi connectivity index (χ3v) is 15.5. The quantitative estimate of drug-likeness (QED) is 0.258. The molecule has 6 aliphatic rings. The van der Waals surface area contributed by atoms with Gasteiger partial charge in [-0.3, -0.25) is 0 Å². The molecule has 0 aromatic heterocycles. The Kier molecular flexibility index (Phi) is 7.42. The number of aliphatic hydroxyl groups excluding tert-OH is 3. The van der Waals surface area contributed by atoms with Crippen LogP contribution in [0.2, 0.25) is 0 Å². The van der Waals surface area contributed by atoms with Crippen molar-refractivity contribution in [1.29, 1.82) is 0 Å². The van der Waals surface area contributed by atoms with Crippen LogP contribution in [0.4, 0.5) is 5.69 Å². The second-order valence-electron chi connectivity index (χ2n) is 17.9. The van der Waals surface area contributed by atoms with Crippen LogP contribution in [-0.4, -0.2) is 69.8 Å². The molecule has 1 aliphatic heterocycles. The summed E-state index contributed by atoms with van der Waals surface area (Å²) in [6.45, 7) is 12.5. The van der Waals surface area contributed by atoms with E-state index < -0.39 is 30.2 Å². The molecule has 46 heavy (non-hydrogen) atoms. The zero-order valence-electron chi connectivity index (χ0n) is 28.9. The Morgan fingerprint density at radius 2 is 1.74 bits per heavy atom. The number of esters is 1. The van der Waals surface area contributed by atoms with Crippen LogP contribution in [-0.2, 0) is 9.47 Å². The fourth-order valence-corrected chi connectivity index (χ4v) is 13.3. The summed E-state index contributed by atoms with van der Waals surface area (Å²) in [5, 5.41) is 47.8. The summed E-state index contributed by atoms with van der Waals surface area (Å²) in [4.78, 5) is 13.4. The predicted octanol–water partition coefficient (Wildman–Crippen LogP) is 5.52. The van der Waals surface area contributed by atoms with Crippen molar-refractivity contribution in [3.8, 4) is 0 Å². The Bertz CT molecular complexity index is 1370. The van der Waals surface area contributed by atoms with Crippen LogP contribution in [0.15, 0.2) is 24.3 Å². The number of hydrogen-bond donors (Lipinski definition) is 5. The molecule has 0 unspecified atom stereocenters. The minimum atomic E-state index is -1.30. The molecule has 1 saturated heterocycles. The number of rotatable bonds is 6. The topological polar surface area (TPSA) is 128 Å². The Labute approximate surface area is 274 Å². The highest BCUT2D eigenvalue weighted by Gasteiger charge is 2.85. The van der Waals surface area contributed by atoms with Crippen molar-refractivity contribution in [2.45, 2.75) is 136 Å². The molecule has 256 valence electrons. The first-order valence-corrected chi connectivity index (χ1v) is 17.9. The van der Waals surface area contributed by atoms with Crippen LogP contribution in [0.1, 0.15) is 110 Å². The predicted molar refractivity (Wildman–Crippen MR) is 175 cm³/mol. The first-order valence-electron chi connectivity index (χ1n) is 17.9. The molecule has 0 amide bonds. The maximum Gasteiger partial charge on any atom is 0.340 e. The van der Waals surface area contributed by atoms with Crippen molar-refractivity contribution in [2.75, 3.05) is 12.4 Å². The van der Waals surface area contributed by atoms with Crippen molar-refractivity contribution >= 4 is 11.7 Å². The first-order chi connectivity index (χ1) is 21.5. The summed E-state index contributed by atoms with van der Waals surface area (Å²) in [5.74, 6) is 0.489. The van der Waals surface area contributed by atoms with Gasteiger partial charge in [-0.1, -0.05) is 39.8 Å². The fourth-order valence-electron chi connectivity index (χ4n) is 13.3. The molecule has 1 heterocycles. The highest BCUT2D eigenvalue weighted by atomic mass is 16.6. The van der Waals surface area contributed by atoms with Crippen LogP contribution in [0, 0.1) is 50.7 Å². The Balaban J connectivity index is 1.13. The Morgan fingerprint density at radius 1 is 1.02 bits per heavy atom. The fraction of sp³-hybridized carbons (Fsp3) is 0.816. The van der Waals surface area contributed by atoms with Crippen molar-refractivity contribution in [3.63, 3.8) is 0 Å². The molecule has 5 saturated carbocycles. The average Bonchev–Trinajstić information content (AvgIpc) is 3.37. The summed E-state index contributed by atoms with van der Waals surface area (Å²) in [6, 6.07) is 7.48. The third kappa shape index (κ3) is 4.18. The summed E-state index contributed by atoms with van der Waals surface area (Å²) in [6.07, 6.45) is 5.05. The lowest BCUT2D eigenvalue weighted by atomic mass is 9.37. The highest BCUT2D eigenvalue weighted by molar-refractivity contribution is 5.95. The van der Waals surface area contributed by atoms with E-state index in [2.05, 4.69) is 33.0 Å². The molecule has 8 nitrogen and oxygen atoms in total.